The van der Waals surface area contributed by atoms with E-state index >= 15 is 0 Å². The minimum atomic E-state index is 0.395. The van der Waals surface area contributed by atoms with Crippen molar-refractivity contribution in [2.24, 2.45) is 0 Å². The molecule has 0 bridgehead atoms. The van der Waals surface area contributed by atoms with Gasteiger partial charge >= 0.3 is 82.6 Å². The number of aromatic nitrogens is 1. The number of benzene rings is 1. The van der Waals surface area contributed by atoms with Crippen molar-refractivity contribution in [3.05, 3.63) is 35.4 Å². The molecule has 0 saturated heterocycles. The Bertz CT molecular complexity index is 384. The van der Waals surface area contributed by atoms with Crippen LogP contribution in [0.1, 0.15) is 0 Å². The van der Waals surface area contributed by atoms with Gasteiger partial charge in [-0.1, -0.05) is 0 Å². The molecule has 13 heavy (non-hydrogen) atoms. The molecule has 0 unspecified atom stereocenters. The van der Waals surface area contributed by atoms with E-state index in [1.807, 2.05) is 24.4 Å². The first kappa shape index (κ1) is 8.54. The van der Waals surface area contributed by atoms with Crippen molar-refractivity contribution in [3.8, 4) is 15.9 Å². The van der Waals surface area contributed by atoms with Gasteiger partial charge in [0, 0.05) is 0 Å². The van der Waals surface area contributed by atoms with E-state index in [2.05, 4.69) is 16.0 Å². The fraction of sp³-hybridized carbons (Fsp3) is 0.100. The summed E-state index contributed by atoms with van der Waals surface area (Å²) in [6, 6.07) is 8.02. The molecule has 1 aromatic heterocycles. The molecule has 2 aromatic rings. The van der Waals surface area contributed by atoms with Crippen molar-refractivity contribution in [1.82, 2.24) is 4.98 Å². The molecular formula is C10H9NOSe. The summed E-state index contributed by atoms with van der Waals surface area (Å²) < 4.78 is 6.32. The molecule has 2 rings (SSSR count). The van der Waals surface area contributed by atoms with Gasteiger partial charge in [-0.05, 0) is 0 Å². The minimum absolute atomic E-state index is 0.395. The third-order valence-corrected chi connectivity index (χ3v) is 3.47. The summed E-state index contributed by atoms with van der Waals surface area (Å²) in [5.74, 6) is 0.892. The predicted molar refractivity (Wildman–Crippen MR) is 53.2 cm³/mol. The first-order valence-corrected chi connectivity index (χ1v) is 5.78. The molecule has 3 heteroatoms. The van der Waals surface area contributed by atoms with Gasteiger partial charge in [0.2, 0.25) is 0 Å². The average molecular weight is 238 g/mol. The van der Waals surface area contributed by atoms with Crippen LogP contribution >= 0.6 is 0 Å². The van der Waals surface area contributed by atoms with Crippen LogP contribution in [0.3, 0.4) is 0 Å². The number of methoxy groups -OCH3 is 1. The standard InChI is InChI=1S/C10H9NOSe/c1-12-9-4-2-3-8(7-9)10-11-5-6-13-10/h2-7H,1H3. The Hall–Kier alpha value is -1.05. The van der Waals surface area contributed by atoms with E-state index in [-0.39, 0.29) is 0 Å². The van der Waals surface area contributed by atoms with Crippen LogP contribution in [0, 0.1) is 0 Å². The average Bonchev–Trinajstić information content (AvgIpc) is 2.71. The van der Waals surface area contributed by atoms with Crippen LogP contribution in [-0.4, -0.2) is 26.6 Å². The summed E-state index contributed by atoms with van der Waals surface area (Å²) in [6.07, 6.45) is 1.87. The predicted octanol–water partition coefficient (Wildman–Crippen LogP) is 1.81. The number of rotatable bonds is 2. The molecule has 0 aliphatic carbocycles. The normalized spacial score (nSPS) is 9.92. The Morgan fingerprint density at radius 1 is 1.38 bits per heavy atom. The van der Waals surface area contributed by atoms with E-state index in [0.717, 1.165) is 5.75 Å². The Morgan fingerprint density at radius 3 is 3.00 bits per heavy atom. The Balaban J connectivity index is 2.41. The second-order valence-electron chi connectivity index (χ2n) is 2.57. The number of hydrogen-bond acceptors (Lipinski definition) is 2. The van der Waals surface area contributed by atoms with Crippen molar-refractivity contribution in [1.29, 1.82) is 0 Å². The summed E-state index contributed by atoms with van der Waals surface area (Å²) >= 11 is 0.395. The molecule has 0 saturated carbocycles. The second kappa shape index (κ2) is 3.77. The first-order chi connectivity index (χ1) is 6.40. The van der Waals surface area contributed by atoms with E-state index in [9.17, 15) is 0 Å². The third-order valence-electron chi connectivity index (χ3n) is 1.75. The topological polar surface area (TPSA) is 22.1 Å². The molecule has 0 fully saturated rings. The fourth-order valence-corrected chi connectivity index (χ4v) is 2.46. The quantitative estimate of drug-likeness (QED) is 0.744. The molecule has 0 amide bonds. The molecule has 1 heterocycles. The molecule has 0 radical (unpaired) electrons. The molecule has 1 aromatic carbocycles. The zero-order valence-electron chi connectivity index (χ0n) is 7.23. The van der Waals surface area contributed by atoms with Crippen LogP contribution in [0.15, 0.2) is 35.4 Å². The molecule has 0 aliphatic heterocycles. The van der Waals surface area contributed by atoms with Gasteiger partial charge in [0.15, 0.2) is 0 Å². The van der Waals surface area contributed by atoms with Gasteiger partial charge in [0.1, 0.15) is 0 Å². The Kier molecular flexibility index (Phi) is 2.48. The van der Waals surface area contributed by atoms with Gasteiger partial charge in [0.25, 0.3) is 0 Å². The molecule has 0 aliphatic rings. The zero-order valence-corrected chi connectivity index (χ0v) is 8.94. The number of hydrogen-bond donors (Lipinski definition) is 0. The van der Waals surface area contributed by atoms with Crippen molar-refractivity contribution in [3.63, 3.8) is 0 Å². The van der Waals surface area contributed by atoms with Gasteiger partial charge in [-0.15, -0.1) is 0 Å². The van der Waals surface area contributed by atoms with Gasteiger partial charge in [0.05, 0.1) is 0 Å². The first-order valence-electron chi connectivity index (χ1n) is 3.94. The SMILES string of the molecule is COc1cccc(-c2ncc[se]2)c1. The maximum atomic E-state index is 5.15. The van der Waals surface area contributed by atoms with Crippen LogP contribution < -0.4 is 4.74 Å². The molecule has 0 atom stereocenters. The summed E-state index contributed by atoms with van der Waals surface area (Å²) in [6.45, 7) is 0. The molecule has 2 nitrogen and oxygen atoms in total. The van der Waals surface area contributed by atoms with Gasteiger partial charge in [-0.25, -0.2) is 0 Å². The van der Waals surface area contributed by atoms with Crippen LogP contribution in [0.25, 0.3) is 10.1 Å². The van der Waals surface area contributed by atoms with Gasteiger partial charge < -0.3 is 0 Å². The van der Waals surface area contributed by atoms with Crippen molar-refractivity contribution in [2.75, 3.05) is 7.11 Å². The monoisotopic (exact) mass is 239 g/mol. The summed E-state index contributed by atoms with van der Waals surface area (Å²) in [5.41, 5.74) is 1.17. The van der Waals surface area contributed by atoms with Gasteiger partial charge in [-0.2, -0.15) is 0 Å². The summed E-state index contributed by atoms with van der Waals surface area (Å²) in [4.78, 5) is 6.40. The maximum absolute atomic E-state index is 5.15. The zero-order chi connectivity index (χ0) is 9.10. The molecule has 0 spiro atoms. The van der Waals surface area contributed by atoms with E-state index in [1.165, 1.54) is 10.1 Å². The fourth-order valence-electron chi connectivity index (χ4n) is 1.12. The van der Waals surface area contributed by atoms with E-state index in [1.54, 1.807) is 7.11 Å². The van der Waals surface area contributed by atoms with E-state index in [4.69, 9.17) is 4.74 Å². The second-order valence-corrected chi connectivity index (χ2v) is 4.45. The summed E-state index contributed by atoms with van der Waals surface area (Å²) in [5, 5.41) is 0. The van der Waals surface area contributed by atoms with Crippen molar-refractivity contribution < 1.29 is 4.74 Å². The molecular weight excluding hydrogens is 229 g/mol. The van der Waals surface area contributed by atoms with E-state index < -0.39 is 0 Å². The summed E-state index contributed by atoms with van der Waals surface area (Å²) in [7, 11) is 1.68. The van der Waals surface area contributed by atoms with Crippen LogP contribution in [-0.2, 0) is 0 Å². The van der Waals surface area contributed by atoms with Crippen LogP contribution in [0.4, 0.5) is 0 Å². The molecule has 0 N–H and O–H groups in total. The molecule has 66 valence electrons. The Labute approximate surface area is 82.9 Å². The third kappa shape index (κ3) is 1.82. The van der Waals surface area contributed by atoms with E-state index in [0.29, 0.717) is 14.5 Å². The van der Waals surface area contributed by atoms with Crippen molar-refractivity contribution in [2.45, 2.75) is 0 Å². The van der Waals surface area contributed by atoms with Crippen molar-refractivity contribution >= 4 is 14.5 Å². The number of ether oxygens (including phenoxy) is 1. The van der Waals surface area contributed by atoms with Crippen LogP contribution in [0.2, 0.25) is 0 Å². The Morgan fingerprint density at radius 2 is 2.31 bits per heavy atom. The van der Waals surface area contributed by atoms with Gasteiger partial charge in [-0.3, -0.25) is 0 Å². The number of nitrogens with zero attached hydrogens (tertiary/aromatic N) is 1. The van der Waals surface area contributed by atoms with Crippen LogP contribution in [0.5, 0.6) is 5.75 Å².